The highest BCUT2D eigenvalue weighted by Crippen LogP contribution is 2.13. The van der Waals surface area contributed by atoms with E-state index in [0.717, 1.165) is 12.2 Å². The Balaban J connectivity index is 3.64. The molecule has 0 aromatic heterocycles. The fraction of sp³-hybridized carbons (Fsp3) is 1.00. The quantitative estimate of drug-likeness (QED) is 0.328. The Kier molecular flexibility index (Phi) is 12.0. The normalized spacial score (nSPS) is 18.0. The fourth-order valence-electron chi connectivity index (χ4n) is 1.67. The minimum atomic E-state index is -1.52. The molecule has 5 N–H and O–H groups in total. The van der Waals surface area contributed by atoms with Crippen LogP contribution in [0.4, 0.5) is 0 Å². The van der Waals surface area contributed by atoms with Crippen LogP contribution in [0.15, 0.2) is 0 Å². The summed E-state index contributed by atoms with van der Waals surface area (Å²) in [6.45, 7) is 1.52. The number of hydrogen-bond donors (Lipinski definition) is 5. The molecule has 6 heteroatoms. The lowest BCUT2D eigenvalue weighted by molar-refractivity contribution is -0.109. The number of hydrogen-bond acceptors (Lipinski definition) is 6. The molecule has 0 amide bonds. The Hall–Kier alpha value is 0.150. The summed E-state index contributed by atoms with van der Waals surface area (Å²) in [7, 11) is 0. The van der Waals surface area contributed by atoms with E-state index >= 15 is 0 Å². The molecule has 0 aromatic carbocycles. The van der Waals surface area contributed by atoms with Crippen molar-refractivity contribution in [3.63, 3.8) is 0 Å². The van der Waals surface area contributed by atoms with Gasteiger partial charge in [0.15, 0.2) is 0 Å². The highest BCUT2D eigenvalue weighted by atomic mass is 32.2. The van der Waals surface area contributed by atoms with E-state index in [9.17, 15) is 15.3 Å². The van der Waals surface area contributed by atoms with Crippen LogP contribution in [0, 0.1) is 0 Å². The topological polar surface area (TPSA) is 101 Å². The molecule has 0 aliphatic rings. The van der Waals surface area contributed by atoms with E-state index in [0.29, 0.717) is 5.75 Å². The number of aliphatic hydroxyl groups excluding tert-OH is 5. The predicted octanol–water partition coefficient (Wildman–Crippen LogP) is 0.126. The summed E-state index contributed by atoms with van der Waals surface area (Å²) in [6, 6.07) is 0. The molecule has 0 rings (SSSR count). The maximum Gasteiger partial charge on any atom is 0.111 e. The van der Waals surface area contributed by atoms with Crippen LogP contribution in [0.3, 0.4) is 0 Å². The van der Waals surface area contributed by atoms with Crippen LogP contribution < -0.4 is 0 Å². The first-order valence-electron chi connectivity index (χ1n) is 6.95. The van der Waals surface area contributed by atoms with E-state index in [1.807, 2.05) is 0 Å². The summed E-state index contributed by atoms with van der Waals surface area (Å²) in [5, 5.41) is 46.5. The summed E-state index contributed by atoms with van der Waals surface area (Å²) < 4.78 is 0. The van der Waals surface area contributed by atoms with Crippen molar-refractivity contribution in [3.8, 4) is 0 Å². The third kappa shape index (κ3) is 8.83. The maximum atomic E-state index is 9.65. The van der Waals surface area contributed by atoms with Crippen molar-refractivity contribution in [3.05, 3.63) is 0 Å². The molecule has 5 nitrogen and oxygen atoms in total. The van der Waals surface area contributed by atoms with E-state index < -0.39 is 31.0 Å². The predicted molar refractivity (Wildman–Crippen MR) is 77.2 cm³/mol. The van der Waals surface area contributed by atoms with Crippen LogP contribution in [0.2, 0.25) is 0 Å². The summed E-state index contributed by atoms with van der Waals surface area (Å²) in [5.74, 6) is 1.22. The fourth-order valence-corrected chi connectivity index (χ4v) is 2.69. The molecule has 0 saturated heterocycles. The second-order valence-electron chi connectivity index (χ2n) is 4.79. The molecule has 0 bridgehead atoms. The van der Waals surface area contributed by atoms with Gasteiger partial charge in [-0.15, -0.1) is 0 Å². The van der Waals surface area contributed by atoms with E-state index in [-0.39, 0.29) is 0 Å². The van der Waals surface area contributed by atoms with Crippen LogP contribution in [0.1, 0.15) is 39.0 Å². The van der Waals surface area contributed by atoms with Crippen molar-refractivity contribution >= 4 is 11.8 Å². The number of aliphatic hydroxyl groups is 5. The van der Waals surface area contributed by atoms with Gasteiger partial charge in [-0.05, 0) is 12.2 Å². The van der Waals surface area contributed by atoms with Gasteiger partial charge in [0.2, 0.25) is 0 Å². The molecule has 0 fully saturated rings. The van der Waals surface area contributed by atoms with Gasteiger partial charge in [0.1, 0.15) is 18.3 Å². The summed E-state index contributed by atoms with van der Waals surface area (Å²) in [4.78, 5) is 0. The third-order valence-electron chi connectivity index (χ3n) is 3.01. The number of rotatable bonds is 12. The van der Waals surface area contributed by atoms with Gasteiger partial charge in [-0.2, -0.15) is 11.8 Å². The lowest BCUT2D eigenvalue weighted by atomic mass is 10.0. The standard InChI is InChI=1S/C13H28O5S/c1-2-3-4-5-6-7-19-9-11(16)13(18)12(17)10(15)8-14/h10-18H,2-9H2,1H3. The van der Waals surface area contributed by atoms with Gasteiger partial charge < -0.3 is 25.5 Å². The van der Waals surface area contributed by atoms with Crippen molar-refractivity contribution in [2.75, 3.05) is 18.1 Å². The lowest BCUT2D eigenvalue weighted by Crippen LogP contribution is -2.46. The van der Waals surface area contributed by atoms with Crippen LogP contribution in [-0.4, -0.2) is 68.1 Å². The zero-order valence-electron chi connectivity index (χ0n) is 11.6. The van der Waals surface area contributed by atoms with Gasteiger partial charge in [0.05, 0.1) is 12.7 Å². The Bertz CT molecular complexity index is 205. The molecule has 0 aromatic rings. The highest BCUT2D eigenvalue weighted by molar-refractivity contribution is 7.99. The molecule has 0 spiro atoms. The number of thioether (sulfide) groups is 1. The smallest absolute Gasteiger partial charge is 0.111 e. The van der Waals surface area contributed by atoms with Crippen molar-refractivity contribution in [2.45, 2.75) is 63.4 Å². The maximum absolute atomic E-state index is 9.65. The lowest BCUT2D eigenvalue weighted by Gasteiger charge is -2.25. The molecule has 0 aliphatic carbocycles. The minimum Gasteiger partial charge on any atom is -0.394 e. The van der Waals surface area contributed by atoms with Gasteiger partial charge in [0, 0.05) is 5.75 Å². The van der Waals surface area contributed by atoms with Crippen LogP contribution in [0.5, 0.6) is 0 Å². The molecule has 4 unspecified atom stereocenters. The van der Waals surface area contributed by atoms with Crippen LogP contribution in [-0.2, 0) is 0 Å². The molecule has 0 saturated carbocycles. The third-order valence-corrected chi connectivity index (χ3v) is 4.16. The van der Waals surface area contributed by atoms with Gasteiger partial charge in [0.25, 0.3) is 0 Å². The highest BCUT2D eigenvalue weighted by Gasteiger charge is 2.29. The Labute approximate surface area is 119 Å². The molecule has 4 atom stereocenters. The van der Waals surface area contributed by atoms with Gasteiger partial charge in [-0.3, -0.25) is 0 Å². The Morgan fingerprint density at radius 2 is 1.42 bits per heavy atom. The molecule has 0 radical (unpaired) electrons. The average molecular weight is 296 g/mol. The number of unbranched alkanes of at least 4 members (excludes halogenated alkanes) is 4. The van der Waals surface area contributed by atoms with Gasteiger partial charge >= 0.3 is 0 Å². The van der Waals surface area contributed by atoms with E-state index in [2.05, 4.69) is 6.92 Å². The van der Waals surface area contributed by atoms with Gasteiger partial charge in [-0.25, -0.2) is 0 Å². The first kappa shape index (κ1) is 19.1. The zero-order chi connectivity index (χ0) is 14.7. The molecular formula is C13H28O5S. The first-order valence-corrected chi connectivity index (χ1v) is 8.10. The zero-order valence-corrected chi connectivity index (χ0v) is 12.4. The van der Waals surface area contributed by atoms with Crippen molar-refractivity contribution < 1.29 is 25.5 Å². The molecule has 0 heterocycles. The first-order chi connectivity index (χ1) is 9.04. The Morgan fingerprint density at radius 3 is 2.00 bits per heavy atom. The van der Waals surface area contributed by atoms with Crippen molar-refractivity contribution in [2.24, 2.45) is 0 Å². The van der Waals surface area contributed by atoms with E-state index in [1.54, 1.807) is 0 Å². The van der Waals surface area contributed by atoms with E-state index in [4.69, 9.17) is 10.2 Å². The van der Waals surface area contributed by atoms with Crippen LogP contribution >= 0.6 is 11.8 Å². The molecule has 0 aliphatic heterocycles. The molecular weight excluding hydrogens is 268 g/mol. The summed E-state index contributed by atoms with van der Waals surface area (Å²) in [6.07, 6.45) is 0.449. The van der Waals surface area contributed by atoms with Crippen LogP contribution in [0.25, 0.3) is 0 Å². The largest absolute Gasteiger partial charge is 0.394 e. The van der Waals surface area contributed by atoms with Crippen molar-refractivity contribution in [1.29, 1.82) is 0 Å². The SMILES string of the molecule is CCCCCCCSCC(O)C(O)C(O)C(O)CO. The second-order valence-corrected chi connectivity index (χ2v) is 5.94. The van der Waals surface area contributed by atoms with Gasteiger partial charge in [-0.1, -0.05) is 32.6 Å². The second kappa shape index (κ2) is 11.9. The van der Waals surface area contributed by atoms with E-state index in [1.165, 1.54) is 37.4 Å². The van der Waals surface area contributed by atoms with Crippen molar-refractivity contribution in [1.82, 2.24) is 0 Å². The monoisotopic (exact) mass is 296 g/mol. The minimum absolute atomic E-state index is 0.310. The summed E-state index contributed by atoms with van der Waals surface area (Å²) in [5.41, 5.74) is 0. The molecule has 19 heavy (non-hydrogen) atoms. The Morgan fingerprint density at radius 1 is 0.842 bits per heavy atom. The summed E-state index contributed by atoms with van der Waals surface area (Å²) >= 11 is 1.52. The molecule has 116 valence electrons. The average Bonchev–Trinajstić information content (AvgIpc) is 2.43.